The smallest absolute Gasteiger partial charge is 0.380 e. The Morgan fingerprint density at radius 1 is 1.26 bits per heavy atom. The lowest BCUT2D eigenvalue weighted by Crippen LogP contribution is -2.46. The molecule has 2 aromatic rings. The first-order valence-corrected chi connectivity index (χ1v) is 7.33. The fraction of sp³-hybridized carbons (Fsp3) is 0.467. The first kappa shape index (κ1) is 15.8. The van der Waals surface area contributed by atoms with Gasteiger partial charge in [0.15, 0.2) is 11.3 Å². The van der Waals surface area contributed by atoms with E-state index in [1.54, 1.807) is 24.3 Å². The Kier molecular flexibility index (Phi) is 3.79. The molecule has 0 bridgehead atoms. The van der Waals surface area contributed by atoms with Crippen molar-refractivity contribution in [3.63, 3.8) is 0 Å². The number of aromatic amines is 1. The van der Waals surface area contributed by atoms with E-state index in [0.717, 1.165) is 0 Å². The predicted octanol–water partition coefficient (Wildman–Crippen LogP) is 2.48. The maximum absolute atomic E-state index is 12.9. The van der Waals surface area contributed by atoms with Crippen LogP contribution in [0.3, 0.4) is 0 Å². The summed E-state index contributed by atoms with van der Waals surface area (Å²) >= 11 is 0. The van der Waals surface area contributed by atoms with Crippen LogP contribution in [0.2, 0.25) is 0 Å². The molecule has 124 valence electrons. The number of para-hydroxylation sites is 1. The Morgan fingerprint density at radius 2 is 2.00 bits per heavy atom. The number of rotatable bonds is 1. The lowest BCUT2D eigenvalue weighted by Gasteiger charge is -2.29. The molecule has 1 saturated heterocycles. The van der Waals surface area contributed by atoms with E-state index in [-0.39, 0.29) is 25.2 Å². The van der Waals surface area contributed by atoms with Gasteiger partial charge in [0.2, 0.25) is 0 Å². The fourth-order valence-electron chi connectivity index (χ4n) is 2.88. The van der Waals surface area contributed by atoms with Crippen molar-refractivity contribution < 1.29 is 23.1 Å². The average Bonchev–Trinajstić information content (AvgIpc) is 2.82. The fourth-order valence-corrected chi connectivity index (χ4v) is 2.88. The van der Waals surface area contributed by atoms with Crippen LogP contribution in [-0.4, -0.2) is 51.0 Å². The molecule has 0 saturated carbocycles. The Labute approximate surface area is 130 Å². The molecule has 1 amide bonds. The van der Waals surface area contributed by atoms with Crippen molar-refractivity contribution in [1.29, 1.82) is 0 Å². The molecule has 1 aliphatic heterocycles. The molecular weight excluding hydrogens is 311 g/mol. The minimum atomic E-state index is -4.69. The van der Waals surface area contributed by atoms with E-state index in [4.69, 9.17) is 0 Å². The number of H-pyrrole nitrogens is 1. The topological polar surface area (TPSA) is 69.2 Å². The molecule has 1 aliphatic rings. The van der Waals surface area contributed by atoms with Gasteiger partial charge in [0.05, 0.1) is 5.52 Å². The Hall–Kier alpha value is -2.09. The van der Waals surface area contributed by atoms with E-state index in [1.165, 1.54) is 4.90 Å². The second kappa shape index (κ2) is 5.52. The number of halogens is 3. The number of benzene rings is 1. The molecule has 1 aromatic carbocycles. The summed E-state index contributed by atoms with van der Waals surface area (Å²) in [4.78, 5) is 13.9. The highest BCUT2D eigenvalue weighted by molar-refractivity contribution is 6.04. The lowest BCUT2D eigenvalue weighted by molar-refractivity contribution is -0.263. The van der Waals surface area contributed by atoms with Gasteiger partial charge in [0, 0.05) is 24.9 Å². The zero-order valence-electron chi connectivity index (χ0n) is 12.2. The van der Waals surface area contributed by atoms with Gasteiger partial charge < -0.3 is 10.0 Å². The molecule has 1 unspecified atom stereocenters. The highest BCUT2D eigenvalue weighted by atomic mass is 19.4. The number of carbonyl (C=O) groups is 1. The number of nitrogens with zero attached hydrogens (tertiary/aromatic N) is 2. The van der Waals surface area contributed by atoms with Crippen molar-refractivity contribution in [2.24, 2.45) is 0 Å². The summed E-state index contributed by atoms with van der Waals surface area (Å²) < 4.78 is 38.8. The maximum Gasteiger partial charge on any atom is 0.417 e. The Balaban J connectivity index is 1.81. The van der Waals surface area contributed by atoms with Gasteiger partial charge in [-0.1, -0.05) is 18.2 Å². The highest BCUT2D eigenvalue weighted by Crippen LogP contribution is 2.38. The van der Waals surface area contributed by atoms with Crippen LogP contribution in [0.15, 0.2) is 24.3 Å². The largest absolute Gasteiger partial charge is 0.417 e. The molecule has 8 heteroatoms. The zero-order chi connectivity index (χ0) is 16.7. The SMILES string of the molecule is O=C(c1n[nH]c2ccccc12)N1CCCC(O)(C(F)(F)F)CC1. The number of likely N-dealkylation sites (tertiary alicyclic amines) is 1. The molecule has 1 atom stereocenters. The number of fused-ring (bicyclic) bond motifs is 1. The summed E-state index contributed by atoms with van der Waals surface area (Å²) in [6.07, 6.45) is -5.53. The van der Waals surface area contributed by atoms with Gasteiger partial charge in [-0.25, -0.2) is 0 Å². The van der Waals surface area contributed by atoms with Gasteiger partial charge in [-0.15, -0.1) is 0 Å². The number of hydrogen-bond donors (Lipinski definition) is 2. The molecule has 3 rings (SSSR count). The maximum atomic E-state index is 12.9. The van der Waals surface area contributed by atoms with Crippen LogP contribution in [0.1, 0.15) is 29.8 Å². The van der Waals surface area contributed by atoms with Crippen LogP contribution in [0, 0.1) is 0 Å². The number of hydrogen-bond acceptors (Lipinski definition) is 3. The highest BCUT2D eigenvalue weighted by Gasteiger charge is 2.53. The van der Waals surface area contributed by atoms with E-state index in [1.807, 2.05) is 0 Å². The van der Waals surface area contributed by atoms with Gasteiger partial charge in [-0.2, -0.15) is 18.3 Å². The van der Waals surface area contributed by atoms with Crippen molar-refractivity contribution >= 4 is 16.8 Å². The first-order chi connectivity index (χ1) is 10.8. The summed E-state index contributed by atoms with van der Waals surface area (Å²) in [5, 5.41) is 17.2. The van der Waals surface area contributed by atoms with Gasteiger partial charge in [0.25, 0.3) is 5.91 Å². The van der Waals surface area contributed by atoms with E-state index < -0.39 is 30.5 Å². The monoisotopic (exact) mass is 327 g/mol. The van der Waals surface area contributed by atoms with Gasteiger partial charge in [-0.05, 0) is 18.9 Å². The van der Waals surface area contributed by atoms with Gasteiger partial charge >= 0.3 is 6.18 Å². The van der Waals surface area contributed by atoms with E-state index in [9.17, 15) is 23.1 Å². The number of nitrogens with one attached hydrogen (secondary N) is 1. The molecule has 0 spiro atoms. The van der Waals surface area contributed by atoms with Crippen molar-refractivity contribution in [2.45, 2.75) is 31.0 Å². The van der Waals surface area contributed by atoms with Crippen molar-refractivity contribution in [3.05, 3.63) is 30.0 Å². The van der Waals surface area contributed by atoms with Crippen LogP contribution < -0.4 is 0 Å². The van der Waals surface area contributed by atoms with Crippen LogP contribution >= 0.6 is 0 Å². The standard InChI is InChI=1S/C15H16F3N3O2/c16-15(17,18)14(23)6-3-8-21(9-7-14)13(22)12-10-4-1-2-5-11(10)19-20-12/h1-2,4-5,23H,3,6-9H2,(H,19,20). The third kappa shape index (κ3) is 2.78. The van der Waals surface area contributed by atoms with Crippen molar-refractivity contribution in [3.8, 4) is 0 Å². The number of amides is 1. The van der Waals surface area contributed by atoms with Gasteiger partial charge in [0.1, 0.15) is 0 Å². The second-order valence-corrected chi connectivity index (χ2v) is 5.79. The molecule has 2 N–H and O–H groups in total. The van der Waals surface area contributed by atoms with Crippen molar-refractivity contribution in [1.82, 2.24) is 15.1 Å². The molecule has 1 fully saturated rings. The summed E-state index contributed by atoms with van der Waals surface area (Å²) in [6.45, 7) is 0.00837. The third-order valence-corrected chi connectivity index (χ3v) is 4.30. The molecule has 2 heterocycles. The summed E-state index contributed by atoms with van der Waals surface area (Å²) in [5.41, 5.74) is -1.84. The quantitative estimate of drug-likeness (QED) is 0.845. The van der Waals surface area contributed by atoms with Crippen LogP contribution in [0.4, 0.5) is 13.2 Å². The van der Waals surface area contributed by atoms with Gasteiger partial charge in [-0.3, -0.25) is 9.89 Å². The number of carbonyl (C=O) groups excluding carboxylic acids is 1. The summed E-state index contributed by atoms with van der Waals surface area (Å²) in [6, 6.07) is 7.06. The Bertz CT molecular complexity index is 728. The first-order valence-electron chi connectivity index (χ1n) is 7.33. The molecular formula is C15H16F3N3O2. The van der Waals surface area contributed by atoms with E-state index in [0.29, 0.717) is 10.9 Å². The van der Waals surface area contributed by atoms with Crippen LogP contribution in [0.25, 0.3) is 10.9 Å². The van der Waals surface area contributed by atoms with Crippen molar-refractivity contribution in [2.75, 3.05) is 13.1 Å². The predicted molar refractivity (Wildman–Crippen MR) is 76.9 cm³/mol. The molecule has 0 radical (unpaired) electrons. The van der Waals surface area contributed by atoms with Crippen LogP contribution in [-0.2, 0) is 0 Å². The normalized spacial score (nSPS) is 23.0. The minimum Gasteiger partial charge on any atom is -0.380 e. The second-order valence-electron chi connectivity index (χ2n) is 5.79. The molecule has 1 aromatic heterocycles. The number of aromatic nitrogens is 2. The minimum absolute atomic E-state index is 0.0874. The summed E-state index contributed by atoms with van der Waals surface area (Å²) in [5.74, 6) is -0.422. The Morgan fingerprint density at radius 3 is 2.74 bits per heavy atom. The van der Waals surface area contributed by atoms with Crippen LogP contribution in [0.5, 0.6) is 0 Å². The van der Waals surface area contributed by atoms with E-state index >= 15 is 0 Å². The molecule has 0 aliphatic carbocycles. The van der Waals surface area contributed by atoms with E-state index in [2.05, 4.69) is 10.2 Å². The molecule has 23 heavy (non-hydrogen) atoms. The third-order valence-electron chi connectivity index (χ3n) is 4.30. The summed E-state index contributed by atoms with van der Waals surface area (Å²) in [7, 11) is 0. The lowest BCUT2D eigenvalue weighted by atomic mass is 9.94. The molecule has 5 nitrogen and oxygen atoms in total. The zero-order valence-corrected chi connectivity index (χ0v) is 12.2. The number of aliphatic hydroxyl groups is 1. The average molecular weight is 327 g/mol. The number of alkyl halides is 3.